The van der Waals surface area contributed by atoms with Crippen LogP contribution >= 0.6 is 23.2 Å². The maximum Gasteiger partial charge on any atom is 0.255 e. The van der Waals surface area contributed by atoms with Crippen LogP contribution in [-0.2, 0) is 4.79 Å². The molecule has 1 aliphatic rings. The van der Waals surface area contributed by atoms with Crippen LogP contribution in [0.4, 0.5) is 0 Å². The van der Waals surface area contributed by atoms with Crippen LogP contribution in [0.5, 0.6) is 11.5 Å². The van der Waals surface area contributed by atoms with Gasteiger partial charge in [0.15, 0.2) is 0 Å². The van der Waals surface area contributed by atoms with Crippen LogP contribution in [0.3, 0.4) is 0 Å². The molecule has 1 N–H and O–H groups in total. The number of halogens is 2. The molecule has 0 aromatic heterocycles. The monoisotopic (exact) mass is 464 g/mol. The Kier molecular flexibility index (Phi) is 7.34. The lowest BCUT2D eigenvalue weighted by Crippen LogP contribution is -2.39. The molecule has 31 heavy (non-hydrogen) atoms. The predicted molar refractivity (Wildman–Crippen MR) is 121 cm³/mol. The summed E-state index contributed by atoms with van der Waals surface area (Å²) in [5, 5.41) is 3.71. The number of amides is 2. The molecule has 0 radical (unpaired) electrons. The van der Waals surface area contributed by atoms with Crippen molar-refractivity contribution in [1.82, 2.24) is 10.2 Å². The van der Waals surface area contributed by atoms with Crippen LogP contribution in [0.1, 0.15) is 35.7 Å². The Morgan fingerprint density at radius 1 is 1.06 bits per heavy atom. The third-order valence-electron chi connectivity index (χ3n) is 5.37. The third kappa shape index (κ3) is 5.08. The maximum absolute atomic E-state index is 13.2. The number of methoxy groups -OCH3 is 2. The van der Waals surface area contributed by atoms with Crippen molar-refractivity contribution in [3.63, 3.8) is 0 Å². The average molecular weight is 465 g/mol. The molecule has 8 heteroatoms. The van der Waals surface area contributed by atoms with E-state index in [2.05, 4.69) is 5.32 Å². The first-order chi connectivity index (χ1) is 14.7. The van der Waals surface area contributed by atoms with Gasteiger partial charge in [0.1, 0.15) is 11.5 Å². The molecule has 1 saturated heterocycles. The first-order valence-electron chi connectivity index (χ1n) is 10.0. The molecule has 1 fully saturated rings. The lowest BCUT2D eigenvalue weighted by molar-refractivity contribution is -0.125. The van der Waals surface area contributed by atoms with Gasteiger partial charge in [0, 0.05) is 35.6 Å². The van der Waals surface area contributed by atoms with E-state index in [9.17, 15) is 9.59 Å². The Balaban J connectivity index is 1.98. The average Bonchev–Trinajstić information content (AvgIpc) is 3.18. The lowest BCUT2D eigenvalue weighted by Gasteiger charge is -2.22. The van der Waals surface area contributed by atoms with Crippen molar-refractivity contribution in [2.24, 2.45) is 5.92 Å². The van der Waals surface area contributed by atoms with Gasteiger partial charge in [0.05, 0.1) is 30.7 Å². The number of carbonyl (C=O) groups excluding carboxylic acids is 2. The summed E-state index contributed by atoms with van der Waals surface area (Å²) in [4.78, 5) is 27.9. The fraction of sp³-hybridized carbons (Fsp3) is 0.391. The highest BCUT2D eigenvalue weighted by atomic mass is 35.5. The van der Waals surface area contributed by atoms with Crippen LogP contribution in [0.25, 0.3) is 0 Å². The van der Waals surface area contributed by atoms with E-state index < -0.39 is 5.92 Å². The number of rotatable bonds is 6. The molecular weight excluding hydrogens is 439 g/mol. The van der Waals surface area contributed by atoms with E-state index in [-0.39, 0.29) is 35.3 Å². The van der Waals surface area contributed by atoms with Gasteiger partial charge in [0.2, 0.25) is 5.91 Å². The minimum absolute atomic E-state index is 0.0178. The largest absolute Gasteiger partial charge is 0.497 e. The Labute approximate surface area is 192 Å². The number of carbonyl (C=O) groups is 2. The summed E-state index contributed by atoms with van der Waals surface area (Å²) in [6.07, 6.45) is 0. The fourth-order valence-corrected chi connectivity index (χ4v) is 4.39. The van der Waals surface area contributed by atoms with Gasteiger partial charge in [-0.3, -0.25) is 9.59 Å². The molecule has 6 nitrogen and oxygen atoms in total. The summed E-state index contributed by atoms with van der Waals surface area (Å²) in [7, 11) is 3.17. The Morgan fingerprint density at radius 2 is 1.81 bits per heavy atom. The zero-order chi connectivity index (χ0) is 22.7. The number of hydrogen-bond acceptors (Lipinski definition) is 4. The minimum atomic E-state index is -0.446. The van der Waals surface area contributed by atoms with Gasteiger partial charge in [-0.25, -0.2) is 0 Å². The topological polar surface area (TPSA) is 67.9 Å². The molecule has 2 unspecified atom stereocenters. The van der Waals surface area contributed by atoms with Crippen LogP contribution in [0.2, 0.25) is 10.0 Å². The molecule has 1 heterocycles. The van der Waals surface area contributed by atoms with Crippen molar-refractivity contribution in [3.05, 3.63) is 57.6 Å². The van der Waals surface area contributed by atoms with E-state index in [1.165, 1.54) is 6.07 Å². The highest BCUT2D eigenvalue weighted by Gasteiger charge is 2.42. The Bertz CT molecular complexity index is 980. The van der Waals surface area contributed by atoms with Gasteiger partial charge in [-0.2, -0.15) is 0 Å². The first kappa shape index (κ1) is 23.2. The van der Waals surface area contributed by atoms with E-state index in [0.29, 0.717) is 28.6 Å². The molecule has 0 saturated carbocycles. The minimum Gasteiger partial charge on any atom is -0.497 e. The molecule has 166 valence electrons. The molecule has 2 atom stereocenters. The molecular formula is C23H26Cl2N2O4. The van der Waals surface area contributed by atoms with Crippen LogP contribution in [0.15, 0.2) is 36.4 Å². The van der Waals surface area contributed by atoms with Crippen molar-refractivity contribution in [3.8, 4) is 11.5 Å². The van der Waals surface area contributed by atoms with Gasteiger partial charge in [-0.1, -0.05) is 23.2 Å². The van der Waals surface area contributed by atoms with E-state index in [0.717, 1.165) is 5.56 Å². The summed E-state index contributed by atoms with van der Waals surface area (Å²) in [6, 6.07) is 10.2. The number of likely N-dealkylation sites (tertiary alicyclic amines) is 1. The second-order valence-corrected chi connectivity index (χ2v) is 8.66. The lowest BCUT2D eigenvalue weighted by atomic mass is 9.87. The van der Waals surface area contributed by atoms with Gasteiger partial charge in [-0.05, 0) is 50.2 Å². The van der Waals surface area contributed by atoms with E-state index >= 15 is 0 Å². The van der Waals surface area contributed by atoms with Crippen LogP contribution < -0.4 is 14.8 Å². The normalized spacial score (nSPS) is 18.2. The van der Waals surface area contributed by atoms with Gasteiger partial charge in [-0.15, -0.1) is 0 Å². The molecule has 2 aromatic rings. The maximum atomic E-state index is 13.2. The second-order valence-electron chi connectivity index (χ2n) is 7.82. The summed E-state index contributed by atoms with van der Waals surface area (Å²) in [5.41, 5.74) is 1.18. The van der Waals surface area contributed by atoms with Crippen LogP contribution in [0, 0.1) is 5.92 Å². The van der Waals surface area contributed by atoms with Gasteiger partial charge < -0.3 is 19.7 Å². The molecule has 1 aliphatic heterocycles. The van der Waals surface area contributed by atoms with E-state index in [4.69, 9.17) is 32.7 Å². The Morgan fingerprint density at radius 3 is 2.42 bits per heavy atom. The van der Waals surface area contributed by atoms with E-state index in [1.54, 1.807) is 37.3 Å². The van der Waals surface area contributed by atoms with E-state index in [1.807, 2.05) is 26.0 Å². The molecule has 0 aliphatic carbocycles. The molecule has 0 spiro atoms. The fourth-order valence-electron chi connectivity index (χ4n) is 3.90. The highest BCUT2D eigenvalue weighted by Crippen LogP contribution is 2.40. The molecule has 3 rings (SSSR count). The number of hydrogen-bond donors (Lipinski definition) is 1. The summed E-state index contributed by atoms with van der Waals surface area (Å²) in [6.45, 7) is 4.42. The summed E-state index contributed by atoms with van der Waals surface area (Å²) < 4.78 is 10.9. The molecule has 2 amide bonds. The molecule has 0 bridgehead atoms. The first-order valence-corrected chi connectivity index (χ1v) is 10.8. The van der Waals surface area contributed by atoms with Crippen molar-refractivity contribution in [2.75, 3.05) is 27.3 Å². The SMILES string of the molecule is COc1ccc(OC)c(C2CN(C(=O)c3ccc(Cl)cc3Cl)CC2C(=O)NC(C)C)c1. The second kappa shape index (κ2) is 9.79. The van der Waals surface area contributed by atoms with Crippen molar-refractivity contribution in [2.45, 2.75) is 25.8 Å². The zero-order valence-electron chi connectivity index (χ0n) is 17.9. The van der Waals surface area contributed by atoms with Crippen molar-refractivity contribution in [1.29, 1.82) is 0 Å². The van der Waals surface area contributed by atoms with Crippen LogP contribution in [-0.4, -0.2) is 50.1 Å². The smallest absolute Gasteiger partial charge is 0.255 e. The predicted octanol–water partition coefficient (Wildman–Crippen LogP) is 4.39. The van der Waals surface area contributed by atoms with Gasteiger partial charge in [0.25, 0.3) is 5.91 Å². The summed E-state index contributed by atoms with van der Waals surface area (Å²) in [5.74, 6) is 0.240. The van der Waals surface area contributed by atoms with Crippen molar-refractivity contribution < 1.29 is 19.1 Å². The highest BCUT2D eigenvalue weighted by molar-refractivity contribution is 6.36. The standard InChI is InChI=1S/C23H26Cl2N2O4/c1-13(2)26-22(28)19-12-27(23(29)16-7-5-14(24)9-20(16)25)11-18(19)17-10-15(30-3)6-8-21(17)31-4/h5-10,13,18-19H,11-12H2,1-4H3,(H,26,28). The third-order valence-corrected chi connectivity index (χ3v) is 5.92. The Hall–Kier alpha value is -2.44. The summed E-state index contributed by atoms with van der Waals surface area (Å²) >= 11 is 12.2. The number of ether oxygens (including phenoxy) is 2. The number of nitrogens with zero attached hydrogens (tertiary/aromatic N) is 1. The zero-order valence-corrected chi connectivity index (χ0v) is 19.5. The number of nitrogens with one attached hydrogen (secondary N) is 1. The quantitative estimate of drug-likeness (QED) is 0.687. The van der Waals surface area contributed by atoms with Crippen molar-refractivity contribution >= 4 is 35.0 Å². The number of benzene rings is 2. The molecule has 2 aromatic carbocycles. The van der Waals surface area contributed by atoms with Gasteiger partial charge >= 0.3 is 0 Å².